The zero-order valence-corrected chi connectivity index (χ0v) is 19.2. The summed E-state index contributed by atoms with van der Waals surface area (Å²) in [5.74, 6) is 0.866. The summed E-state index contributed by atoms with van der Waals surface area (Å²) >= 11 is 1.29. The van der Waals surface area contributed by atoms with Crippen molar-refractivity contribution in [2.24, 2.45) is 11.8 Å². The molecule has 3 rings (SSSR count). The second-order valence-electron chi connectivity index (χ2n) is 8.93. The minimum Gasteiger partial charge on any atom is -0.462 e. The third-order valence-corrected chi connectivity index (χ3v) is 6.96. The van der Waals surface area contributed by atoms with E-state index < -0.39 is 6.10 Å². The highest BCUT2D eigenvalue weighted by Gasteiger charge is 2.33. The van der Waals surface area contributed by atoms with Gasteiger partial charge in [-0.1, -0.05) is 37.5 Å². The van der Waals surface area contributed by atoms with Crippen LogP contribution in [0.25, 0.3) is 0 Å². The number of rotatable bonds is 15. The largest absolute Gasteiger partial charge is 0.462 e. The highest BCUT2D eigenvalue weighted by atomic mass is 32.2. The van der Waals surface area contributed by atoms with Gasteiger partial charge in [-0.05, 0) is 63.0 Å². The first-order valence-corrected chi connectivity index (χ1v) is 12.6. The zero-order chi connectivity index (χ0) is 21.9. The number of ketones is 1. The average Bonchev–Trinajstić information content (AvgIpc) is 3.51. The van der Waals surface area contributed by atoms with Crippen LogP contribution in [0.4, 0.5) is 0 Å². The fraction of sp³-hybridized carbons (Fsp3) is 0.680. The Kier molecular flexibility index (Phi) is 10.4. The molecule has 0 unspecified atom stereocenters. The molecule has 0 aromatic heterocycles. The van der Waals surface area contributed by atoms with Crippen molar-refractivity contribution in [3.63, 3.8) is 0 Å². The van der Waals surface area contributed by atoms with E-state index in [4.69, 9.17) is 8.92 Å². The van der Waals surface area contributed by atoms with Crippen LogP contribution in [0.5, 0.6) is 0 Å². The van der Waals surface area contributed by atoms with Gasteiger partial charge in [0.1, 0.15) is 11.9 Å². The summed E-state index contributed by atoms with van der Waals surface area (Å²) in [6.45, 7) is 0.300. The van der Waals surface area contributed by atoms with Crippen LogP contribution >= 0.6 is 12.0 Å². The maximum absolute atomic E-state index is 12.3. The number of hydrogen-bond donors (Lipinski definition) is 1. The maximum atomic E-state index is 12.3. The highest BCUT2D eigenvalue weighted by Crippen LogP contribution is 2.36. The first-order valence-electron chi connectivity index (χ1n) is 11.9. The number of aliphatic hydroxyl groups excluding tert-OH is 1. The number of hydrogen-bond acceptors (Lipinski definition) is 6. The molecular formula is C25H36O5S. The lowest BCUT2D eigenvalue weighted by atomic mass is 9.86. The van der Waals surface area contributed by atoms with Crippen LogP contribution in [0.15, 0.2) is 35.2 Å². The van der Waals surface area contributed by atoms with E-state index in [0.29, 0.717) is 37.6 Å². The van der Waals surface area contributed by atoms with E-state index in [1.54, 1.807) is 0 Å². The van der Waals surface area contributed by atoms with E-state index in [1.807, 2.05) is 30.3 Å². The summed E-state index contributed by atoms with van der Waals surface area (Å²) in [5.41, 5.74) is 0. The van der Waals surface area contributed by atoms with E-state index in [1.165, 1.54) is 12.0 Å². The van der Waals surface area contributed by atoms with Gasteiger partial charge in [0.05, 0.1) is 12.7 Å². The fourth-order valence-electron chi connectivity index (χ4n) is 4.28. The summed E-state index contributed by atoms with van der Waals surface area (Å²) in [6, 6.07) is 9.84. The van der Waals surface area contributed by atoms with Gasteiger partial charge in [-0.15, -0.1) is 0 Å². The molecule has 0 bridgehead atoms. The molecule has 2 fully saturated rings. The molecule has 172 valence electrons. The average molecular weight is 449 g/mol. The van der Waals surface area contributed by atoms with Gasteiger partial charge in [0.25, 0.3) is 0 Å². The molecule has 6 heteroatoms. The van der Waals surface area contributed by atoms with Crippen molar-refractivity contribution < 1.29 is 23.6 Å². The molecule has 2 saturated carbocycles. The standard InChI is InChI=1S/C25H36O5S/c26-20(18-29-31-22-8-4-3-5-9-22)14-12-19-13-17-24(27)23(19)10-6-1-2-7-11-25(28)30-21-15-16-21/h3-5,8-9,19-21,23,26H,1-2,6-7,10-18H2/t19-,20+,23+/m0/s1. The van der Waals surface area contributed by atoms with E-state index >= 15 is 0 Å². The lowest BCUT2D eigenvalue weighted by molar-refractivity contribution is -0.145. The molecule has 0 saturated heterocycles. The van der Waals surface area contributed by atoms with Gasteiger partial charge in [-0.3, -0.25) is 9.59 Å². The van der Waals surface area contributed by atoms with E-state index in [9.17, 15) is 14.7 Å². The molecule has 2 aliphatic carbocycles. The number of aliphatic hydroxyl groups is 1. The Bertz CT molecular complexity index is 676. The molecule has 1 N–H and O–H groups in total. The van der Waals surface area contributed by atoms with Crippen LogP contribution in [0.1, 0.15) is 77.0 Å². The summed E-state index contributed by atoms with van der Waals surface area (Å²) in [4.78, 5) is 24.9. The summed E-state index contributed by atoms with van der Waals surface area (Å²) in [6.07, 6.45) is 10.4. The van der Waals surface area contributed by atoms with Gasteiger partial charge in [0, 0.05) is 35.7 Å². The van der Waals surface area contributed by atoms with Crippen LogP contribution in [0.3, 0.4) is 0 Å². The summed E-state index contributed by atoms with van der Waals surface area (Å²) in [5, 5.41) is 10.3. The number of ether oxygens (including phenoxy) is 1. The zero-order valence-electron chi connectivity index (χ0n) is 18.4. The second kappa shape index (κ2) is 13.2. The molecule has 1 aromatic carbocycles. The van der Waals surface area contributed by atoms with Crippen molar-refractivity contribution >= 4 is 23.8 Å². The normalized spacial score (nSPS) is 21.9. The number of carbonyl (C=O) groups excluding carboxylic acids is 2. The van der Waals surface area contributed by atoms with Crippen molar-refractivity contribution in [2.45, 2.75) is 94.2 Å². The Morgan fingerprint density at radius 1 is 1.06 bits per heavy atom. The van der Waals surface area contributed by atoms with Crippen LogP contribution in [0, 0.1) is 11.8 Å². The number of carbonyl (C=O) groups is 2. The van der Waals surface area contributed by atoms with Gasteiger partial charge < -0.3 is 14.0 Å². The Balaban J connectivity index is 1.24. The number of esters is 1. The summed E-state index contributed by atoms with van der Waals surface area (Å²) in [7, 11) is 0. The topological polar surface area (TPSA) is 72.8 Å². The van der Waals surface area contributed by atoms with Gasteiger partial charge in [0.15, 0.2) is 0 Å². The predicted molar refractivity (Wildman–Crippen MR) is 122 cm³/mol. The first kappa shape index (κ1) is 24.3. The number of Topliss-reactive ketones (excluding diaryl/α,β-unsaturated/α-hetero) is 1. The quantitative estimate of drug-likeness (QED) is 0.217. The van der Waals surface area contributed by atoms with Crippen molar-refractivity contribution in [3.8, 4) is 0 Å². The summed E-state index contributed by atoms with van der Waals surface area (Å²) < 4.78 is 10.8. The molecule has 1 aromatic rings. The van der Waals surface area contributed by atoms with Gasteiger partial charge >= 0.3 is 5.97 Å². The van der Waals surface area contributed by atoms with Gasteiger partial charge in [-0.25, -0.2) is 0 Å². The predicted octanol–water partition coefficient (Wildman–Crippen LogP) is 5.49. The maximum Gasteiger partial charge on any atom is 0.306 e. The Morgan fingerprint density at radius 2 is 1.84 bits per heavy atom. The van der Waals surface area contributed by atoms with Gasteiger partial charge in [-0.2, -0.15) is 0 Å². The van der Waals surface area contributed by atoms with Crippen LogP contribution in [-0.4, -0.2) is 35.7 Å². The fourth-order valence-corrected chi connectivity index (χ4v) is 4.91. The molecule has 0 radical (unpaired) electrons. The lowest BCUT2D eigenvalue weighted by Gasteiger charge is -2.20. The molecule has 31 heavy (non-hydrogen) atoms. The van der Waals surface area contributed by atoms with Crippen LogP contribution < -0.4 is 0 Å². The molecule has 0 amide bonds. The van der Waals surface area contributed by atoms with E-state index in [2.05, 4.69) is 0 Å². The SMILES string of the molecule is O=C(CCCCCC[C@H]1C(=O)CC[C@@H]1CC[C@@H](O)COSc1ccccc1)OC1CC1. The molecular weight excluding hydrogens is 412 g/mol. The number of benzene rings is 1. The molecule has 0 spiro atoms. The smallest absolute Gasteiger partial charge is 0.306 e. The molecule has 3 atom stereocenters. The Morgan fingerprint density at radius 3 is 2.61 bits per heavy atom. The monoisotopic (exact) mass is 448 g/mol. The molecule has 0 aliphatic heterocycles. The third-order valence-electron chi connectivity index (χ3n) is 6.24. The van der Waals surface area contributed by atoms with Crippen LogP contribution in [0.2, 0.25) is 0 Å². The Labute approximate surface area is 190 Å². The molecule has 2 aliphatic rings. The van der Waals surface area contributed by atoms with Crippen molar-refractivity contribution in [2.75, 3.05) is 6.61 Å². The second-order valence-corrected chi connectivity index (χ2v) is 9.80. The van der Waals surface area contributed by atoms with Crippen molar-refractivity contribution in [1.82, 2.24) is 0 Å². The van der Waals surface area contributed by atoms with Gasteiger partial charge in [0.2, 0.25) is 0 Å². The highest BCUT2D eigenvalue weighted by molar-refractivity contribution is 7.94. The molecule has 5 nitrogen and oxygen atoms in total. The van der Waals surface area contributed by atoms with E-state index in [0.717, 1.165) is 62.7 Å². The van der Waals surface area contributed by atoms with Crippen LogP contribution in [-0.2, 0) is 18.5 Å². The number of unbranched alkanes of at least 4 members (excludes halogenated alkanes) is 3. The third kappa shape index (κ3) is 9.34. The van der Waals surface area contributed by atoms with E-state index in [-0.39, 0.29) is 18.0 Å². The Hall–Kier alpha value is -1.37. The minimum absolute atomic E-state index is 0.0572. The van der Waals surface area contributed by atoms with Crippen molar-refractivity contribution in [3.05, 3.63) is 30.3 Å². The lowest BCUT2D eigenvalue weighted by Crippen LogP contribution is -2.19. The minimum atomic E-state index is -0.497. The molecule has 0 heterocycles. The first-order chi connectivity index (χ1) is 15.1. The van der Waals surface area contributed by atoms with Crippen molar-refractivity contribution in [1.29, 1.82) is 0 Å².